The molecule has 0 heterocycles. The second-order valence-corrected chi connectivity index (χ2v) is 13.0. The fourth-order valence-corrected chi connectivity index (χ4v) is 5.52. The highest BCUT2D eigenvalue weighted by molar-refractivity contribution is 7.92. The molecule has 1 atom stereocenters. The van der Waals surface area contributed by atoms with Crippen molar-refractivity contribution in [2.45, 2.75) is 39.8 Å². The van der Waals surface area contributed by atoms with Gasteiger partial charge in [-0.3, -0.25) is 13.9 Å². The van der Waals surface area contributed by atoms with Gasteiger partial charge in [0, 0.05) is 19.5 Å². The van der Waals surface area contributed by atoms with Crippen LogP contribution in [-0.2, 0) is 32.6 Å². The SMILES string of the molecule is CCOc1ccccc1N(CC(=O)N(Cc1ccc(Cl)c(Cl)c1)C(Cc1ccccc1)C(=O)NCC(C)C)S(C)(=O)=O. The predicted molar refractivity (Wildman–Crippen MR) is 169 cm³/mol. The van der Waals surface area contributed by atoms with E-state index in [1.165, 1.54) is 4.90 Å². The molecule has 0 spiro atoms. The summed E-state index contributed by atoms with van der Waals surface area (Å²) in [5.41, 5.74) is 1.71. The first-order valence-corrected chi connectivity index (χ1v) is 16.3. The van der Waals surface area contributed by atoms with Gasteiger partial charge >= 0.3 is 0 Å². The van der Waals surface area contributed by atoms with E-state index in [0.29, 0.717) is 34.5 Å². The van der Waals surface area contributed by atoms with Crippen LogP contribution in [0.5, 0.6) is 5.75 Å². The maximum atomic E-state index is 14.2. The minimum Gasteiger partial charge on any atom is -0.492 e. The van der Waals surface area contributed by atoms with Crippen LogP contribution >= 0.6 is 23.2 Å². The highest BCUT2D eigenvalue weighted by Crippen LogP contribution is 2.30. The molecule has 8 nitrogen and oxygen atoms in total. The molecule has 0 saturated carbocycles. The van der Waals surface area contributed by atoms with Crippen LogP contribution in [0, 0.1) is 5.92 Å². The number of nitrogens with zero attached hydrogens (tertiary/aromatic N) is 2. The van der Waals surface area contributed by atoms with E-state index in [4.69, 9.17) is 27.9 Å². The van der Waals surface area contributed by atoms with Crippen LogP contribution in [0.15, 0.2) is 72.8 Å². The smallest absolute Gasteiger partial charge is 0.244 e. The molecule has 0 radical (unpaired) electrons. The number of hydrogen-bond acceptors (Lipinski definition) is 5. The van der Waals surface area contributed by atoms with E-state index in [1.807, 2.05) is 44.2 Å². The number of sulfonamides is 1. The van der Waals surface area contributed by atoms with Gasteiger partial charge in [0.15, 0.2) is 0 Å². The van der Waals surface area contributed by atoms with Crippen LogP contribution < -0.4 is 14.4 Å². The molecule has 0 saturated heterocycles. The third-order valence-electron chi connectivity index (χ3n) is 6.41. The Morgan fingerprint density at radius 2 is 1.60 bits per heavy atom. The van der Waals surface area contributed by atoms with E-state index in [1.54, 1.807) is 49.4 Å². The van der Waals surface area contributed by atoms with Gasteiger partial charge in [0.1, 0.15) is 18.3 Å². The summed E-state index contributed by atoms with van der Waals surface area (Å²) in [6.45, 7) is 5.91. The molecule has 1 unspecified atom stereocenters. The Morgan fingerprint density at radius 3 is 2.21 bits per heavy atom. The molecule has 0 aliphatic carbocycles. The number of rotatable bonds is 14. The average molecular weight is 635 g/mol. The Labute approximate surface area is 258 Å². The second-order valence-electron chi connectivity index (χ2n) is 10.3. The van der Waals surface area contributed by atoms with Crippen LogP contribution in [0.25, 0.3) is 0 Å². The summed E-state index contributed by atoms with van der Waals surface area (Å²) in [7, 11) is -3.93. The molecular weight excluding hydrogens is 597 g/mol. The van der Waals surface area contributed by atoms with Crippen molar-refractivity contribution in [3.8, 4) is 5.75 Å². The van der Waals surface area contributed by atoms with Gasteiger partial charge in [0.2, 0.25) is 21.8 Å². The van der Waals surface area contributed by atoms with E-state index in [-0.39, 0.29) is 30.5 Å². The third kappa shape index (κ3) is 9.37. The zero-order valence-corrected chi connectivity index (χ0v) is 26.5. The normalized spacial score (nSPS) is 12.1. The van der Waals surface area contributed by atoms with Crippen LogP contribution in [0.3, 0.4) is 0 Å². The summed E-state index contributed by atoms with van der Waals surface area (Å²) < 4.78 is 32.8. The molecule has 3 aromatic carbocycles. The topological polar surface area (TPSA) is 96.0 Å². The molecule has 11 heteroatoms. The fourth-order valence-electron chi connectivity index (χ4n) is 4.35. The highest BCUT2D eigenvalue weighted by atomic mass is 35.5. The second kappa shape index (κ2) is 15.3. The number of carbonyl (C=O) groups excluding carboxylic acids is 2. The number of hydrogen-bond donors (Lipinski definition) is 1. The van der Waals surface area contributed by atoms with E-state index in [2.05, 4.69) is 5.32 Å². The van der Waals surface area contributed by atoms with E-state index in [0.717, 1.165) is 16.1 Å². The maximum absolute atomic E-state index is 14.2. The molecule has 0 aromatic heterocycles. The summed E-state index contributed by atoms with van der Waals surface area (Å²) in [6.07, 6.45) is 1.25. The van der Waals surface area contributed by atoms with Crippen LogP contribution in [0.4, 0.5) is 5.69 Å². The third-order valence-corrected chi connectivity index (χ3v) is 8.27. The van der Waals surface area contributed by atoms with Crippen LogP contribution in [0.2, 0.25) is 10.0 Å². The van der Waals surface area contributed by atoms with Crippen molar-refractivity contribution in [1.29, 1.82) is 0 Å². The number of ether oxygens (including phenoxy) is 1. The van der Waals surface area contributed by atoms with Gasteiger partial charge in [-0.05, 0) is 48.2 Å². The summed E-state index contributed by atoms with van der Waals surface area (Å²) >= 11 is 12.4. The minimum absolute atomic E-state index is 0.00691. The molecule has 42 heavy (non-hydrogen) atoms. The van der Waals surface area contributed by atoms with Gasteiger partial charge < -0.3 is 15.0 Å². The highest BCUT2D eigenvalue weighted by Gasteiger charge is 2.33. The molecule has 2 amide bonds. The number of halogens is 2. The maximum Gasteiger partial charge on any atom is 0.244 e. The lowest BCUT2D eigenvalue weighted by Crippen LogP contribution is -2.53. The number of para-hydroxylation sites is 2. The number of amides is 2. The summed E-state index contributed by atoms with van der Waals surface area (Å²) in [5, 5.41) is 3.60. The lowest BCUT2D eigenvalue weighted by atomic mass is 10.0. The van der Waals surface area contributed by atoms with Gasteiger partial charge in [-0.2, -0.15) is 0 Å². The Morgan fingerprint density at radius 1 is 0.929 bits per heavy atom. The van der Waals surface area contributed by atoms with Crippen molar-refractivity contribution >= 4 is 50.7 Å². The Hall–Kier alpha value is -3.27. The van der Waals surface area contributed by atoms with Crippen molar-refractivity contribution in [2.24, 2.45) is 5.92 Å². The van der Waals surface area contributed by atoms with E-state index >= 15 is 0 Å². The van der Waals surface area contributed by atoms with Gasteiger partial charge in [-0.25, -0.2) is 8.42 Å². The van der Waals surface area contributed by atoms with Gasteiger partial charge in [0.05, 0.1) is 28.6 Å². The number of anilines is 1. The van der Waals surface area contributed by atoms with Crippen molar-refractivity contribution in [3.63, 3.8) is 0 Å². The Kier molecular flexibility index (Phi) is 12.1. The van der Waals surface area contributed by atoms with E-state index in [9.17, 15) is 18.0 Å². The van der Waals surface area contributed by atoms with Crippen LogP contribution in [-0.4, -0.2) is 57.1 Å². The van der Waals surface area contributed by atoms with Crippen molar-refractivity contribution in [1.82, 2.24) is 10.2 Å². The lowest BCUT2D eigenvalue weighted by Gasteiger charge is -2.34. The predicted octanol–water partition coefficient (Wildman–Crippen LogP) is 5.57. The van der Waals surface area contributed by atoms with Crippen LogP contribution in [0.1, 0.15) is 31.9 Å². The summed E-state index contributed by atoms with van der Waals surface area (Å²) in [6, 6.07) is 20.0. The minimum atomic E-state index is -3.93. The molecule has 0 aliphatic rings. The summed E-state index contributed by atoms with van der Waals surface area (Å²) in [5.74, 6) is -0.411. The van der Waals surface area contributed by atoms with Gasteiger partial charge in [-0.1, -0.05) is 85.6 Å². The molecule has 1 N–H and O–H groups in total. The fraction of sp³-hybridized carbons (Fsp3) is 0.355. The molecule has 3 aromatic rings. The van der Waals surface area contributed by atoms with E-state index < -0.39 is 28.5 Å². The monoisotopic (exact) mass is 633 g/mol. The molecule has 3 rings (SSSR count). The first-order chi connectivity index (χ1) is 19.9. The first-order valence-electron chi connectivity index (χ1n) is 13.6. The lowest BCUT2D eigenvalue weighted by molar-refractivity contribution is -0.140. The molecule has 0 fully saturated rings. The molecular formula is C31H37Cl2N3O5S. The average Bonchev–Trinajstić information content (AvgIpc) is 2.94. The largest absolute Gasteiger partial charge is 0.492 e. The Bertz CT molecular complexity index is 1470. The quantitative estimate of drug-likeness (QED) is 0.250. The van der Waals surface area contributed by atoms with Crippen molar-refractivity contribution in [3.05, 3.63) is 94.0 Å². The number of benzene rings is 3. The number of nitrogens with one attached hydrogen (secondary N) is 1. The Balaban J connectivity index is 2.09. The molecule has 226 valence electrons. The zero-order chi connectivity index (χ0) is 30.9. The zero-order valence-electron chi connectivity index (χ0n) is 24.2. The molecule has 0 aliphatic heterocycles. The van der Waals surface area contributed by atoms with Gasteiger partial charge in [-0.15, -0.1) is 0 Å². The first kappa shape index (κ1) is 33.2. The standard InChI is InChI=1S/C31H37Cl2N3O5S/c1-5-41-29-14-10-9-13-27(29)36(42(4,39)40)21-30(37)35(20-24-15-16-25(32)26(33)17-24)28(31(38)34-19-22(2)3)18-23-11-7-6-8-12-23/h6-17,22,28H,5,18-21H2,1-4H3,(H,34,38). The summed E-state index contributed by atoms with van der Waals surface area (Å²) in [4.78, 5) is 29.3. The van der Waals surface area contributed by atoms with Crippen molar-refractivity contribution < 1.29 is 22.7 Å². The molecule has 0 bridgehead atoms. The van der Waals surface area contributed by atoms with Crippen molar-refractivity contribution in [2.75, 3.05) is 30.3 Å². The number of carbonyl (C=O) groups is 2. The van der Waals surface area contributed by atoms with Gasteiger partial charge in [0.25, 0.3) is 0 Å².